The van der Waals surface area contributed by atoms with Gasteiger partial charge in [-0.2, -0.15) is 0 Å². The zero-order chi connectivity index (χ0) is 13.4. The lowest BCUT2D eigenvalue weighted by molar-refractivity contribution is 0.0697. The summed E-state index contributed by atoms with van der Waals surface area (Å²) in [6.07, 6.45) is 0. The van der Waals surface area contributed by atoms with Crippen molar-refractivity contribution in [3.63, 3.8) is 0 Å². The van der Waals surface area contributed by atoms with E-state index in [4.69, 9.17) is 10.8 Å². The maximum absolute atomic E-state index is 11.9. The van der Waals surface area contributed by atoms with Crippen LogP contribution in [-0.4, -0.2) is 37.9 Å². The van der Waals surface area contributed by atoms with Gasteiger partial charge >= 0.3 is 5.97 Å². The number of aromatic carboxylic acids is 1. The molecule has 0 heterocycles. The van der Waals surface area contributed by atoms with Crippen LogP contribution in [0.15, 0.2) is 17.0 Å². The first-order valence-corrected chi connectivity index (χ1v) is 6.18. The Morgan fingerprint density at radius 1 is 1.35 bits per heavy atom. The first kappa shape index (κ1) is 13.5. The summed E-state index contributed by atoms with van der Waals surface area (Å²) in [5.74, 6) is -1.25. The van der Waals surface area contributed by atoms with Crippen LogP contribution in [0.25, 0.3) is 0 Å². The minimum absolute atomic E-state index is 0.0772. The molecule has 0 fully saturated rings. The molecule has 0 saturated carbocycles. The highest BCUT2D eigenvalue weighted by Gasteiger charge is 2.21. The van der Waals surface area contributed by atoms with Crippen molar-refractivity contribution < 1.29 is 18.3 Å². The van der Waals surface area contributed by atoms with Gasteiger partial charge in [-0.3, -0.25) is 0 Å². The van der Waals surface area contributed by atoms with Gasteiger partial charge in [-0.1, -0.05) is 0 Å². The molecular formula is C10H14N2O4S. The van der Waals surface area contributed by atoms with Crippen LogP contribution in [0, 0.1) is 6.92 Å². The van der Waals surface area contributed by atoms with Gasteiger partial charge in [0.15, 0.2) is 0 Å². The Morgan fingerprint density at radius 2 is 1.88 bits per heavy atom. The summed E-state index contributed by atoms with van der Waals surface area (Å²) in [4.78, 5) is 10.9. The number of carbonyl (C=O) groups is 1. The van der Waals surface area contributed by atoms with Crippen molar-refractivity contribution in [3.8, 4) is 0 Å². The molecule has 0 bridgehead atoms. The lowest BCUT2D eigenvalue weighted by Gasteiger charge is -2.14. The van der Waals surface area contributed by atoms with Crippen LogP contribution in [0.4, 0.5) is 5.69 Å². The number of hydrogen-bond acceptors (Lipinski definition) is 4. The molecule has 0 radical (unpaired) electrons. The van der Waals surface area contributed by atoms with Crippen molar-refractivity contribution in [3.05, 3.63) is 23.3 Å². The number of carboxylic acid groups (broad SMARTS) is 1. The smallest absolute Gasteiger partial charge is 0.337 e. The fraction of sp³-hybridized carbons (Fsp3) is 0.300. The second kappa shape index (κ2) is 4.34. The standard InChI is InChI=1S/C10H14N2O4S/c1-6-4-7(17(15,16)12(2)3)5-8(9(6)11)10(13)14/h4-5H,11H2,1-3H3,(H,13,14). The minimum Gasteiger partial charge on any atom is -0.478 e. The Bertz CT molecular complexity index is 564. The molecule has 0 amide bonds. The zero-order valence-electron chi connectivity index (χ0n) is 9.76. The topological polar surface area (TPSA) is 101 Å². The normalized spacial score (nSPS) is 11.8. The lowest BCUT2D eigenvalue weighted by atomic mass is 10.1. The SMILES string of the molecule is Cc1cc(S(=O)(=O)N(C)C)cc(C(=O)O)c1N. The third-order valence-electron chi connectivity index (χ3n) is 2.37. The largest absolute Gasteiger partial charge is 0.478 e. The van der Waals surface area contributed by atoms with Crippen molar-refractivity contribution in [1.29, 1.82) is 0 Å². The van der Waals surface area contributed by atoms with Gasteiger partial charge in [0.1, 0.15) is 0 Å². The van der Waals surface area contributed by atoms with E-state index in [0.29, 0.717) is 5.56 Å². The molecule has 0 saturated heterocycles. The van der Waals surface area contributed by atoms with Gasteiger partial charge in [0.2, 0.25) is 10.0 Å². The van der Waals surface area contributed by atoms with E-state index >= 15 is 0 Å². The number of anilines is 1. The number of carboxylic acids is 1. The highest BCUT2D eigenvalue weighted by molar-refractivity contribution is 7.89. The van der Waals surface area contributed by atoms with Gasteiger partial charge in [-0.15, -0.1) is 0 Å². The number of nitrogens with zero attached hydrogens (tertiary/aromatic N) is 1. The second-order valence-corrected chi connectivity index (χ2v) is 5.95. The van der Waals surface area contributed by atoms with Crippen molar-refractivity contribution in [1.82, 2.24) is 4.31 Å². The van der Waals surface area contributed by atoms with E-state index in [2.05, 4.69) is 0 Å². The quantitative estimate of drug-likeness (QED) is 0.770. The highest BCUT2D eigenvalue weighted by Crippen LogP contribution is 2.23. The maximum atomic E-state index is 11.9. The monoisotopic (exact) mass is 258 g/mol. The van der Waals surface area contributed by atoms with Gasteiger partial charge in [0, 0.05) is 19.8 Å². The summed E-state index contributed by atoms with van der Waals surface area (Å²) in [5.41, 5.74) is 5.88. The molecule has 0 unspecified atom stereocenters. The van der Waals surface area contributed by atoms with Gasteiger partial charge in [-0.05, 0) is 24.6 Å². The van der Waals surface area contributed by atoms with Crippen LogP contribution in [0.3, 0.4) is 0 Å². The van der Waals surface area contributed by atoms with Crippen LogP contribution in [0.5, 0.6) is 0 Å². The third kappa shape index (κ3) is 2.40. The molecule has 1 rings (SSSR count). The molecular weight excluding hydrogens is 244 g/mol. The van der Waals surface area contributed by atoms with Gasteiger partial charge in [-0.25, -0.2) is 17.5 Å². The fourth-order valence-corrected chi connectivity index (χ4v) is 2.32. The Morgan fingerprint density at radius 3 is 2.29 bits per heavy atom. The van der Waals surface area contributed by atoms with E-state index in [9.17, 15) is 13.2 Å². The van der Waals surface area contributed by atoms with Crippen LogP contribution < -0.4 is 5.73 Å². The van der Waals surface area contributed by atoms with Crippen molar-refractivity contribution in [2.75, 3.05) is 19.8 Å². The summed E-state index contributed by atoms with van der Waals surface area (Å²) in [7, 11) is -0.905. The van der Waals surface area contributed by atoms with Gasteiger partial charge in [0.25, 0.3) is 0 Å². The molecule has 6 nitrogen and oxygen atoms in total. The molecule has 0 spiro atoms. The summed E-state index contributed by atoms with van der Waals surface area (Å²) >= 11 is 0. The molecule has 7 heteroatoms. The van der Waals surface area contributed by atoms with E-state index in [0.717, 1.165) is 10.4 Å². The molecule has 94 valence electrons. The number of nitrogen functional groups attached to an aromatic ring is 1. The second-order valence-electron chi connectivity index (χ2n) is 3.79. The van der Waals surface area contributed by atoms with E-state index in [1.165, 1.54) is 20.2 Å². The Hall–Kier alpha value is -1.60. The van der Waals surface area contributed by atoms with Crippen LogP contribution in [-0.2, 0) is 10.0 Å². The molecule has 17 heavy (non-hydrogen) atoms. The number of aryl methyl sites for hydroxylation is 1. The number of nitrogens with two attached hydrogens (primary N) is 1. The molecule has 1 aromatic carbocycles. The Labute approximate surface area is 99.7 Å². The van der Waals surface area contributed by atoms with Gasteiger partial charge in [0.05, 0.1) is 10.5 Å². The maximum Gasteiger partial charge on any atom is 0.337 e. The van der Waals surface area contributed by atoms with E-state index in [1.807, 2.05) is 0 Å². The zero-order valence-corrected chi connectivity index (χ0v) is 10.6. The molecule has 0 aliphatic carbocycles. The summed E-state index contributed by atoms with van der Waals surface area (Å²) in [6.45, 7) is 1.57. The highest BCUT2D eigenvalue weighted by atomic mass is 32.2. The van der Waals surface area contributed by atoms with Crippen LogP contribution in [0.1, 0.15) is 15.9 Å². The molecule has 0 aliphatic rings. The average molecular weight is 258 g/mol. The van der Waals surface area contributed by atoms with E-state index in [-0.39, 0.29) is 16.1 Å². The number of rotatable bonds is 3. The number of benzene rings is 1. The first-order chi connectivity index (χ1) is 7.67. The number of sulfonamides is 1. The molecule has 3 N–H and O–H groups in total. The lowest BCUT2D eigenvalue weighted by Crippen LogP contribution is -2.23. The van der Waals surface area contributed by atoms with Crippen molar-refractivity contribution >= 4 is 21.7 Å². The summed E-state index contributed by atoms with van der Waals surface area (Å²) in [5, 5.41) is 8.93. The van der Waals surface area contributed by atoms with Crippen molar-refractivity contribution in [2.24, 2.45) is 0 Å². The summed E-state index contributed by atoms with van der Waals surface area (Å²) in [6, 6.07) is 2.43. The average Bonchev–Trinajstić information content (AvgIpc) is 2.20. The third-order valence-corrected chi connectivity index (χ3v) is 4.16. The van der Waals surface area contributed by atoms with Gasteiger partial charge < -0.3 is 10.8 Å². The predicted molar refractivity (Wildman–Crippen MR) is 63.4 cm³/mol. The Kier molecular flexibility index (Phi) is 3.44. The molecule has 0 aromatic heterocycles. The molecule has 1 aromatic rings. The molecule has 0 atom stereocenters. The summed E-state index contributed by atoms with van der Waals surface area (Å²) < 4.78 is 24.7. The van der Waals surface area contributed by atoms with E-state index in [1.54, 1.807) is 6.92 Å². The van der Waals surface area contributed by atoms with Crippen LogP contribution in [0.2, 0.25) is 0 Å². The number of hydrogen-bond donors (Lipinski definition) is 2. The van der Waals surface area contributed by atoms with Crippen LogP contribution >= 0.6 is 0 Å². The van der Waals surface area contributed by atoms with E-state index < -0.39 is 16.0 Å². The molecule has 0 aliphatic heterocycles. The predicted octanol–water partition coefficient (Wildman–Crippen LogP) is 0.526. The minimum atomic E-state index is -3.66. The fourth-order valence-electron chi connectivity index (χ4n) is 1.30. The Balaban J connectivity index is 3.55. The van der Waals surface area contributed by atoms with Crippen molar-refractivity contribution in [2.45, 2.75) is 11.8 Å². The first-order valence-electron chi connectivity index (χ1n) is 4.74.